The first-order chi connectivity index (χ1) is 18.0. The first-order valence-corrected chi connectivity index (χ1v) is 12.7. The van der Waals surface area contributed by atoms with Crippen molar-refractivity contribution in [2.75, 3.05) is 32.3 Å². The number of hydrogen-bond donors (Lipinski definition) is 2. The van der Waals surface area contributed by atoms with Crippen LogP contribution >= 0.6 is 0 Å². The second-order valence-electron chi connectivity index (χ2n) is 10.1. The molecule has 0 spiro atoms. The zero-order valence-electron chi connectivity index (χ0n) is 21.1. The molecule has 6 rings (SSSR count). The van der Waals surface area contributed by atoms with E-state index in [2.05, 4.69) is 16.3 Å². The lowest BCUT2D eigenvalue weighted by atomic mass is 9.94. The molecule has 2 aromatic carbocycles. The van der Waals surface area contributed by atoms with Gasteiger partial charge in [0.1, 0.15) is 11.6 Å². The molecule has 2 atom stereocenters. The zero-order valence-corrected chi connectivity index (χ0v) is 21.1. The molecule has 0 radical (unpaired) electrons. The van der Waals surface area contributed by atoms with Crippen molar-refractivity contribution in [3.8, 4) is 17.2 Å². The number of hydrogen-bond acceptors (Lipinski definition) is 7. The van der Waals surface area contributed by atoms with Crippen LogP contribution in [0.5, 0.6) is 17.2 Å². The van der Waals surface area contributed by atoms with Gasteiger partial charge < -0.3 is 24.6 Å². The number of benzene rings is 2. The predicted molar refractivity (Wildman–Crippen MR) is 138 cm³/mol. The number of aryl methyl sites for hydroxylation is 1. The molecule has 1 aromatic heterocycles. The lowest BCUT2D eigenvalue weighted by Gasteiger charge is -2.30. The van der Waals surface area contributed by atoms with E-state index in [1.165, 1.54) is 0 Å². The van der Waals surface area contributed by atoms with Gasteiger partial charge in [-0.15, -0.1) is 0 Å². The molecule has 8 nitrogen and oxygen atoms in total. The van der Waals surface area contributed by atoms with Crippen molar-refractivity contribution in [1.29, 1.82) is 0 Å². The highest BCUT2D eigenvalue weighted by atomic mass is 16.7. The number of β-amino-alcohol motifs (C(OH)–C–C–N with tert-alkyl or cyclic N) is 1. The van der Waals surface area contributed by atoms with Crippen molar-refractivity contribution in [1.82, 2.24) is 9.88 Å². The number of fused-ring (bicyclic) bond motifs is 1. The van der Waals surface area contributed by atoms with Crippen molar-refractivity contribution in [3.05, 3.63) is 77.0 Å². The standard InChI is InChI=1S/C29H31N3O5/c1-18-21(27(32-14-11-20(33)16-32)22-5-3-4-6-23(22)35-2)8-10-26(30-18)31-28(34)29(12-13-29)19-7-9-24-25(15-19)37-17-36-24/h3-10,15,20,27,33H,11-14,16-17H2,1-2H3,(H,30,31,34). The third-order valence-corrected chi connectivity index (χ3v) is 7.77. The molecule has 8 heteroatoms. The summed E-state index contributed by atoms with van der Waals surface area (Å²) in [5.41, 5.74) is 3.24. The smallest absolute Gasteiger partial charge is 0.236 e. The van der Waals surface area contributed by atoms with Gasteiger partial charge in [-0.25, -0.2) is 4.98 Å². The summed E-state index contributed by atoms with van der Waals surface area (Å²) in [6.07, 6.45) is 1.94. The minimum absolute atomic E-state index is 0.0602. The number of aromatic nitrogens is 1. The molecule has 192 valence electrons. The Morgan fingerprint density at radius 2 is 1.95 bits per heavy atom. The van der Waals surface area contributed by atoms with Gasteiger partial charge in [0.15, 0.2) is 11.5 Å². The molecule has 2 unspecified atom stereocenters. The Morgan fingerprint density at radius 3 is 2.68 bits per heavy atom. The lowest BCUT2D eigenvalue weighted by molar-refractivity contribution is -0.118. The monoisotopic (exact) mass is 501 g/mol. The zero-order chi connectivity index (χ0) is 25.6. The van der Waals surface area contributed by atoms with E-state index < -0.39 is 5.41 Å². The normalized spacial score (nSPS) is 20.5. The molecule has 1 saturated carbocycles. The summed E-state index contributed by atoms with van der Waals surface area (Å²) in [5, 5.41) is 13.3. The van der Waals surface area contributed by atoms with Crippen molar-refractivity contribution >= 4 is 11.7 Å². The number of nitrogens with one attached hydrogen (secondary N) is 1. The average molecular weight is 502 g/mol. The van der Waals surface area contributed by atoms with Gasteiger partial charge in [-0.3, -0.25) is 9.69 Å². The SMILES string of the molecule is COc1ccccc1C(c1ccc(NC(=O)C2(c3ccc4c(c3)OCO4)CC2)nc1C)N1CCC(O)C1. The maximum atomic E-state index is 13.4. The largest absolute Gasteiger partial charge is 0.496 e. The number of ether oxygens (including phenoxy) is 3. The molecular formula is C29H31N3O5. The van der Waals surface area contributed by atoms with Crippen LogP contribution in [0.4, 0.5) is 5.82 Å². The molecule has 1 amide bonds. The third-order valence-electron chi connectivity index (χ3n) is 7.77. The van der Waals surface area contributed by atoms with Crippen LogP contribution < -0.4 is 19.5 Å². The van der Waals surface area contributed by atoms with Crippen molar-refractivity contribution in [2.24, 2.45) is 0 Å². The highest BCUT2D eigenvalue weighted by Gasteiger charge is 2.52. The Balaban J connectivity index is 1.27. The van der Waals surface area contributed by atoms with Crippen molar-refractivity contribution in [3.63, 3.8) is 0 Å². The first kappa shape index (κ1) is 23.8. The Labute approximate surface area is 216 Å². The number of likely N-dealkylation sites (tertiary alicyclic amines) is 1. The number of para-hydroxylation sites is 1. The summed E-state index contributed by atoms with van der Waals surface area (Å²) in [7, 11) is 1.67. The molecule has 3 heterocycles. The fraction of sp³-hybridized carbons (Fsp3) is 0.379. The van der Waals surface area contributed by atoms with Gasteiger partial charge in [-0.1, -0.05) is 30.3 Å². The highest BCUT2D eigenvalue weighted by Crippen LogP contribution is 2.51. The van der Waals surface area contributed by atoms with E-state index in [9.17, 15) is 9.90 Å². The van der Waals surface area contributed by atoms with Gasteiger partial charge in [-0.05, 0) is 61.6 Å². The fourth-order valence-corrected chi connectivity index (χ4v) is 5.59. The van der Waals surface area contributed by atoms with E-state index in [1.54, 1.807) is 7.11 Å². The number of anilines is 1. The van der Waals surface area contributed by atoms with Gasteiger partial charge in [-0.2, -0.15) is 0 Å². The molecule has 1 aliphatic carbocycles. The molecule has 0 bridgehead atoms. The quantitative estimate of drug-likeness (QED) is 0.506. The Morgan fingerprint density at radius 1 is 1.14 bits per heavy atom. The molecule has 3 aromatic rings. The number of rotatable bonds is 7. The van der Waals surface area contributed by atoms with Crippen LogP contribution in [0, 0.1) is 6.92 Å². The molecule has 2 fully saturated rings. The maximum absolute atomic E-state index is 13.4. The second-order valence-corrected chi connectivity index (χ2v) is 10.1. The van der Waals surface area contributed by atoms with E-state index in [4.69, 9.17) is 19.2 Å². The number of aliphatic hydroxyl groups excluding tert-OH is 1. The van der Waals surface area contributed by atoms with E-state index in [0.717, 1.165) is 53.9 Å². The number of pyridine rings is 1. The van der Waals surface area contributed by atoms with Crippen molar-refractivity contribution < 1.29 is 24.1 Å². The van der Waals surface area contributed by atoms with Gasteiger partial charge >= 0.3 is 0 Å². The number of carbonyl (C=O) groups excluding carboxylic acids is 1. The van der Waals surface area contributed by atoms with E-state index in [0.29, 0.717) is 23.9 Å². The van der Waals surface area contributed by atoms with Crippen LogP contribution in [0.2, 0.25) is 0 Å². The average Bonchev–Trinajstić information content (AvgIpc) is 3.40. The van der Waals surface area contributed by atoms with Crippen LogP contribution in [0.1, 0.15) is 47.7 Å². The Bertz CT molecular complexity index is 1340. The molecule has 1 saturated heterocycles. The number of aliphatic hydroxyl groups is 1. The minimum atomic E-state index is -0.569. The molecular weight excluding hydrogens is 470 g/mol. The van der Waals surface area contributed by atoms with Crippen molar-refractivity contribution in [2.45, 2.75) is 43.7 Å². The lowest BCUT2D eigenvalue weighted by Crippen LogP contribution is -2.30. The second kappa shape index (κ2) is 9.36. The van der Waals surface area contributed by atoms with Crippen LogP contribution in [0.15, 0.2) is 54.6 Å². The summed E-state index contributed by atoms with van der Waals surface area (Å²) < 4.78 is 16.6. The van der Waals surface area contributed by atoms with Gasteiger partial charge in [0.05, 0.1) is 24.7 Å². The summed E-state index contributed by atoms with van der Waals surface area (Å²) >= 11 is 0. The maximum Gasteiger partial charge on any atom is 0.236 e. The molecule has 3 aliphatic rings. The van der Waals surface area contributed by atoms with Crippen LogP contribution in [0.3, 0.4) is 0 Å². The predicted octanol–water partition coefficient (Wildman–Crippen LogP) is 3.95. The fourth-order valence-electron chi connectivity index (χ4n) is 5.59. The van der Waals surface area contributed by atoms with E-state index in [-0.39, 0.29) is 24.8 Å². The van der Waals surface area contributed by atoms with Gasteiger partial charge in [0.2, 0.25) is 12.7 Å². The Kier molecular flexibility index (Phi) is 6.01. The van der Waals surface area contributed by atoms with Crippen LogP contribution in [-0.4, -0.2) is 54.0 Å². The topological polar surface area (TPSA) is 93.2 Å². The van der Waals surface area contributed by atoms with E-state index >= 15 is 0 Å². The van der Waals surface area contributed by atoms with E-state index in [1.807, 2.05) is 55.5 Å². The minimum Gasteiger partial charge on any atom is -0.496 e. The summed E-state index contributed by atoms with van der Waals surface area (Å²) in [6.45, 7) is 3.53. The highest BCUT2D eigenvalue weighted by molar-refractivity contribution is 6.01. The summed E-state index contributed by atoms with van der Waals surface area (Å²) in [4.78, 5) is 20.5. The number of nitrogens with zero attached hydrogens (tertiary/aromatic N) is 2. The first-order valence-electron chi connectivity index (χ1n) is 12.7. The molecule has 2 N–H and O–H groups in total. The number of methoxy groups -OCH3 is 1. The molecule has 37 heavy (non-hydrogen) atoms. The summed E-state index contributed by atoms with van der Waals surface area (Å²) in [5.74, 6) is 2.66. The van der Waals surface area contributed by atoms with Crippen LogP contribution in [0.25, 0.3) is 0 Å². The number of amides is 1. The number of carbonyl (C=O) groups is 1. The Hall–Kier alpha value is -3.62. The van der Waals surface area contributed by atoms with Gasteiger partial charge in [0, 0.05) is 24.3 Å². The third kappa shape index (κ3) is 4.30. The van der Waals surface area contributed by atoms with Gasteiger partial charge in [0.25, 0.3) is 0 Å². The molecule has 2 aliphatic heterocycles. The van der Waals surface area contributed by atoms with Crippen LogP contribution in [-0.2, 0) is 10.2 Å². The summed E-state index contributed by atoms with van der Waals surface area (Å²) in [6, 6.07) is 17.5.